The number of hydrogen-bond donors (Lipinski definition) is 1. The largest absolute Gasteiger partial charge is 0.485 e. The number of likely N-dealkylation sites (N-methyl/N-ethyl adjacent to an activating group) is 2. The predicted molar refractivity (Wildman–Crippen MR) is 109 cm³/mol. The van der Waals surface area contributed by atoms with Gasteiger partial charge < -0.3 is 15.0 Å². The molecule has 0 radical (unpaired) electrons. The predicted octanol–water partition coefficient (Wildman–Crippen LogP) is 3.61. The maximum absolute atomic E-state index is 12.3. The van der Waals surface area contributed by atoms with E-state index < -0.39 is 0 Å². The normalized spacial score (nSPS) is 16.2. The Morgan fingerprint density at radius 1 is 1.31 bits per heavy atom. The molecule has 1 aliphatic heterocycles. The van der Waals surface area contributed by atoms with E-state index in [0.717, 1.165) is 34.7 Å². The summed E-state index contributed by atoms with van der Waals surface area (Å²) in [5, 5.41) is 2.92. The average molecular weight is 418 g/mol. The second-order valence-electron chi connectivity index (χ2n) is 6.50. The molecule has 1 N–H and O–H groups in total. The van der Waals surface area contributed by atoms with E-state index in [0.29, 0.717) is 13.1 Å². The molecule has 6 heteroatoms. The molecule has 1 unspecified atom stereocenters. The molecule has 3 rings (SSSR count). The molecule has 1 aliphatic rings. The quantitative estimate of drug-likeness (QED) is 0.779. The van der Waals surface area contributed by atoms with Gasteiger partial charge in [-0.2, -0.15) is 0 Å². The molecular formula is C20H24BrN3O2. The number of rotatable bonds is 6. The van der Waals surface area contributed by atoms with Crippen molar-refractivity contribution in [1.82, 2.24) is 4.90 Å². The Bertz CT molecular complexity index is 768. The van der Waals surface area contributed by atoms with Crippen molar-refractivity contribution in [2.24, 2.45) is 0 Å². The molecule has 0 saturated heterocycles. The molecule has 5 nitrogen and oxygen atoms in total. The summed E-state index contributed by atoms with van der Waals surface area (Å²) in [7, 11) is 1.95. The number of fused-ring (bicyclic) bond motifs is 1. The summed E-state index contributed by atoms with van der Waals surface area (Å²) in [6.07, 6.45) is 0.0357. The van der Waals surface area contributed by atoms with Crippen LogP contribution in [0.3, 0.4) is 0 Å². The Labute approximate surface area is 163 Å². The van der Waals surface area contributed by atoms with Gasteiger partial charge in [0.15, 0.2) is 0 Å². The van der Waals surface area contributed by atoms with Gasteiger partial charge in [-0.15, -0.1) is 0 Å². The Morgan fingerprint density at radius 3 is 2.88 bits per heavy atom. The van der Waals surface area contributed by atoms with E-state index in [1.165, 1.54) is 0 Å². The van der Waals surface area contributed by atoms with Crippen LogP contribution in [0.5, 0.6) is 5.75 Å². The number of halogens is 1. The number of nitrogens with one attached hydrogen (secondary N) is 1. The molecule has 0 fully saturated rings. The third-order valence-electron chi connectivity index (χ3n) is 4.34. The van der Waals surface area contributed by atoms with Crippen LogP contribution in [0.4, 0.5) is 11.4 Å². The monoisotopic (exact) mass is 417 g/mol. The van der Waals surface area contributed by atoms with Gasteiger partial charge in [0.05, 0.1) is 18.8 Å². The van der Waals surface area contributed by atoms with E-state index in [1.54, 1.807) is 0 Å². The summed E-state index contributed by atoms with van der Waals surface area (Å²) in [5.41, 5.74) is 1.93. The maximum Gasteiger partial charge on any atom is 0.238 e. The van der Waals surface area contributed by atoms with Gasteiger partial charge in [0.1, 0.15) is 11.9 Å². The van der Waals surface area contributed by atoms with Crippen LogP contribution in [0, 0.1) is 0 Å². The maximum atomic E-state index is 12.3. The van der Waals surface area contributed by atoms with Crippen LogP contribution in [0.1, 0.15) is 6.92 Å². The Kier molecular flexibility index (Phi) is 6.16. The van der Waals surface area contributed by atoms with Crippen molar-refractivity contribution in [2.45, 2.75) is 13.0 Å². The molecule has 138 valence electrons. The number of amides is 1. The van der Waals surface area contributed by atoms with E-state index in [4.69, 9.17) is 4.74 Å². The highest BCUT2D eigenvalue weighted by Gasteiger charge is 2.25. The van der Waals surface area contributed by atoms with Gasteiger partial charge >= 0.3 is 0 Å². The highest BCUT2D eigenvalue weighted by molar-refractivity contribution is 9.10. The molecule has 1 heterocycles. The first-order valence-corrected chi connectivity index (χ1v) is 9.59. The lowest BCUT2D eigenvalue weighted by molar-refractivity contribution is -0.117. The molecule has 26 heavy (non-hydrogen) atoms. The minimum absolute atomic E-state index is 0.0332. The third kappa shape index (κ3) is 4.77. The fraction of sp³-hybridized carbons (Fsp3) is 0.350. The molecule has 0 aliphatic carbocycles. The Morgan fingerprint density at radius 2 is 2.12 bits per heavy atom. The highest BCUT2D eigenvalue weighted by Crippen LogP contribution is 2.32. The number of carbonyl (C=O) groups is 1. The number of hydrogen-bond acceptors (Lipinski definition) is 4. The molecule has 1 amide bonds. The van der Waals surface area contributed by atoms with E-state index in [-0.39, 0.29) is 12.0 Å². The first-order valence-electron chi connectivity index (χ1n) is 8.79. The van der Waals surface area contributed by atoms with Gasteiger partial charge in [0.25, 0.3) is 0 Å². The number of anilines is 2. The van der Waals surface area contributed by atoms with E-state index in [1.807, 2.05) is 54.4 Å². The SMILES string of the molecule is CCN1CC(CN(C)CC(=O)Nc2cccc(Br)c2)Oc2ccccc21. The van der Waals surface area contributed by atoms with Gasteiger partial charge in [-0.25, -0.2) is 0 Å². The molecule has 0 aromatic heterocycles. The molecule has 0 spiro atoms. The minimum atomic E-state index is -0.0332. The fourth-order valence-corrected chi connectivity index (χ4v) is 3.60. The van der Waals surface area contributed by atoms with Crippen molar-refractivity contribution >= 4 is 33.2 Å². The Balaban J connectivity index is 1.55. The van der Waals surface area contributed by atoms with Gasteiger partial charge in [0.2, 0.25) is 5.91 Å². The van der Waals surface area contributed by atoms with Crippen molar-refractivity contribution in [3.63, 3.8) is 0 Å². The second-order valence-corrected chi connectivity index (χ2v) is 7.42. The lowest BCUT2D eigenvalue weighted by Gasteiger charge is -2.37. The summed E-state index contributed by atoms with van der Waals surface area (Å²) in [6.45, 7) is 4.92. The topological polar surface area (TPSA) is 44.8 Å². The van der Waals surface area contributed by atoms with E-state index in [2.05, 4.69) is 39.1 Å². The summed E-state index contributed by atoms with van der Waals surface area (Å²) < 4.78 is 7.07. The lowest BCUT2D eigenvalue weighted by atomic mass is 10.2. The summed E-state index contributed by atoms with van der Waals surface area (Å²) in [6, 6.07) is 15.7. The Hall–Kier alpha value is -2.05. The summed E-state index contributed by atoms with van der Waals surface area (Å²) in [5.74, 6) is 0.881. The van der Waals surface area contributed by atoms with Gasteiger partial charge in [-0.3, -0.25) is 9.69 Å². The standard InChI is InChI=1S/C20H24BrN3O2/c1-3-24-13-17(26-19-10-5-4-9-18(19)24)12-23(2)14-20(25)22-16-8-6-7-15(21)11-16/h4-11,17H,3,12-14H2,1-2H3,(H,22,25). The van der Waals surface area contributed by atoms with Crippen LogP contribution in [0.2, 0.25) is 0 Å². The van der Waals surface area contributed by atoms with Crippen molar-refractivity contribution in [3.05, 3.63) is 53.0 Å². The van der Waals surface area contributed by atoms with Crippen molar-refractivity contribution in [2.75, 3.05) is 43.4 Å². The molecule has 0 saturated carbocycles. The van der Waals surface area contributed by atoms with Gasteiger partial charge in [-0.1, -0.05) is 34.1 Å². The van der Waals surface area contributed by atoms with Gasteiger partial charge in [-0.05, 0) is 44.3 Å². The minimum Gasteiger partial charge on any atom is -0.485 e. The number of carbonyl (C=O) groups excluding carboxylic acids is 1. The second kappa shape index (κ2) is 8.56. The smallest absolute Gasteiger partial charge is 0.238 e. The van der Waals surface area contributed by atoms with Crippen LogP contribution < -0.4 is 15.0 Å². The molecule has 2 aromatic carbocycles. The van der Waals surface area contributed by atoms with Crippen LogP contribution >= 0.6 is 15.9 Å². The fourth-order valence-electron chi connectivity index (χ4n) is 3.20. The van der Waals surface area contributed by atoms with Crippen LogP contribution in [0.25, 0.3) is 0 Å². The summed E-state index contributed by atoms with van der Waals surface area (Å²) >= 11 is 3.41. The van der Waals surface area contributed by atoms with Crippen molar-refractivity contribution in [3.8, 4) is 5.75 Å². The average Bonchev–Trinajstić information content (AvgIpc) is 2.60. The molecule has 1 atom stereocenters. The van der Waals surface area contributed by atoms with Gasteiger partial charge in [0, 0.05) is 23.2 Å². The number of para-hydroxylation sites is 2. The van der Waals surface area contributed by atoms with Crippen LogP contribution in [-0.2, 0) is 4.79 Å². The van der Waals surface area contributed by atoms with E-state index in [9.17, 15) is 4.79 Å². The first kappa shape index (κ1) is 18.7. The third-order valence-corrected chi connectivity index (χ3v) is 4.84. The van der Waals surface area contributed by atoms with Crippen LogP contribution in [-0.4, -0.2) is 50.1 Å². The van der Waals surface area contributed by atoms with Crippen molar-refractivity contribution < 1.29 is 9.53 Å². The number of ether oxygens (including phenoxy) is 1. The van der Waals surface area contributed by atoms with E-state index >= 15 is 0 Å². The summed E-state index contributed by atoms with van der Waals surface area (Å²) in [4.78, 5) is 16.6. The first-order chi connectivity index (χ1) is 12.5. The lowest BCUT2D eigenvalue weighted by Crippen LogP contribution is -2.46. The zero-order valence-corrected chi connectivity index (χ0v) is 16.7. The zero-order valence-electron chi connectivity index (χ0n) is 15.1. The zero-order chi connectivity index (χ0) is 18.5. The molecule has 2 aromatic rings. The number of nitrogens with zero attached hydrogens (tertiary/aromatic N) is 2. The highest BCUT2D eigenvalue weighted by atomic mass is 79.9. The number of benzene rings is 2. The van der Waals surface area contributed by atoms with Crippen LogP contribution in [0.15, 0.2) is 53.0 Å². The molecule has 0 bridgehead atoms. The van der Waals surface area contributed by atoms with Crippen molar-refractivity contribution in [1.29, 1.82) is 0 Å². The molecular weight excluding hydrogens is 394 g/mol.